The van der Waals surface area contributed by atoms with Crippen molar-refractivity contribution >= 4 is 122 Å². The Hall–Kier alpha value is -7.34. The third-order valence-electron chi connectivity index (χ3n) is 13.8. The van der Waals surface area contributed by atoms with E-state index in [2.05, 4.69) is 234 Å². The quantitative estimate of drug-likeness (QED) is 0.156. The maximum absolute atomic E-state index is 7.26. The molecule has 0 saturated carbocycles. The normalized spacial score (nSPS) is 12.5. The molecule has 0 aliphatic rings. The zero-order chi connectivity index (χ0) is 45.9. The van der Waals surface area contributed by atoms with E-state index in [9.17, 15) is 0 Å². The number of hydrogen-bond donors (Lipinski definition) is 0. The fourth-order valence-electron chi connectivity index (χ4n) is 10.2. The SMILES string of the molecule is Cc1ccc(N(c2ccc(C(C)(C)C)cc2)c2cc3c4cscc4c4cc(N(c5ccc(C)cc5)c5ccc(C(C)(C)C)cc5)c5c6ccccc6oc5c4c3c3oc4ccccc4c23)cc1. The van der Waals surface area contributed by atoms with Crippen LogP contribution >= 0.6 is 11.3 Å². The van der Waals surface area contributed by atoms with Gasteiger partial charge in [0.1, 0.15) is 22.3 Å². The maximum Gasteiger partial charge on any atom is 0.146 e. The Morgan fingerprint density at radius 2 is 0.716 bits per heavy atom. The first kappa shape index (κ1) is 41.1. The number of hydrogen-bond acceptors (Lipinski definition) is 5. The average molecular weight is 889 g/mol. The minimum atomic E-state index is 0.0196. The number of benzene rings is 9. The van der Waals surface area contributed by atoms with Crippen LogP contribution in [0.3, 0.4) is 0 Å². The van der Waals surface area contributed by atoms with Gasteiger partial charge in [-0.15, -0.1) is 0 Å². The Morgan fingerprint density at radius 1 is 0.373 bits per heavy atom. The molecule has 0 aliphatic heterocycles. The molecule has 0 amide bonds. The van der Waals surface area contributed by atoms with Crippen molar-refractivity contribution in [3.05, 3.63) is 191 Å². The largest absolute Gasteiger partial charge is 0.455 e. The van der Waals surface area contributed by atoms with Gasteiger partial charge in [0.2, 0.25) is 0 Å². The summed E-state index contributed by atoms with van der Waals surface area (Å²) in [5.41, 5.74) is 14.9. The smallest absolute Gasteiger partial charge is 0.146 e. The molecule has 0 spiro atoms. The Morgan fingerprint density at radius 3 is 1.07 bits per heavy atom. The van der Waals surface area contributed by atoms with Gasteiger partial charge in [-0.3, -0.25) is 0 Å². The van der Waals surface area contributed by atoms with Crippen molar-refractivity contribution < 1.29 is 8.83 Å². The number of thiophene rings is 1. The molecule has 5 heteroatoms. The fourth-order valence-corrected chi connectivity index (χ4v) is 11.1. The summed E-state index contributed by atoms with van der Waals surface area (Å²) in [7, 11) is 0. The Kier molecular flexibility index (Phi) is 9.26. The number of nitrogens with zero attached hydrogens (tertiary/aromatic N) is 2. The van der Waals surface area contributed by atoms with E-state index in [4.69, 9.17) is 8.83 Å². The molecule has 3 heterocycles. The van der Waals surface area contributed by atoms with Crippen LogP contribution in [0.5, 0.6) is 0 Å². The molecule has 3 aromatic heterocycles. The zero-order valence-electron chi connectivity index (χ0n) is 39.3. The van der Waals surface area contributed by atoms with Crippen molar-refractivity contribution in [3.63, 3.8) is 0 Å². The fraction of sp³-hybridized carbons (Fsp3) is 0.161. The second-order valence-electron chi connectivity index (χ2n) is 20.4. The lowest BCUT2D eigenvalue weighted by molar-refractivity contribution is 0.590. The maximum atomic E-state index is 7.26. The summed E-state index contributed by atoms with van der Waals surface area (Å²) >= 11 is 1.74. The first-order valence-corrected chi connectivity index (χ1v) is 24.2. The summed E-state index contributed by atoms with van der Waals surface area (Å²) in [5.74, 6) is 0. The highest BCUT2D eigenvalue weighted by Crippen LogP contribution is 2.54. The van der Waals surface area contributed by atoms with E-state index in [1.165, 1.54) is 33.0 Å². The molecule has 9 aromatic carbocycles. The van der Waals surface area contributed by atoms with Crippen LogP contribution in [0.2, 0.25) is 0 Å². The lowest BCUT2D eigenvalue weighted by Crippen LogP contribution is -2.13. The lowest BCUT2D eigenvalue weighted by atomic mass is 9.87. The van der Waals surface area contributed by atoms with E-state index in [1.54, 1.807) is 11.3 Å². The van der Waals surface area contributed by atoms with Crippen LogP contribution in [-0.2, 0) is 10.8 Å². The average Bonchev–Trinajstić information content (AvgIpc) is 4.07. The lowest BCUT2D eigenvalue weighted by Gasteiger charge is -2.29. The molecule has 0 N–H and O–H groups in total. The first-order valence-electron chi connectivity index (χ1n) is 23.3. The molecule has 4 nitrogen and oxygen atoms in total. The second-order valence-corrected chi connectivity index (χ2v) is 21.1. The van der Waals surface area contributed by atoms with Gasteiger partial charge in [-0.1, -0.05) is 138 Å². The molecule has 0 saturated heterocycles. The summed E-state index contributed by atoms with van der Waals surface area (Å²) in [6.07, 6.45) is 0. The van der Waals surface area contributed by atoms with Crippen LogP contribution in [-0.4, -0.2) is 0 Å². The summed E-state index contributed by atoms with van der Waals surface area (Å²) in [6, 6.07) is 57.8. The highest BCUT2D eigenvalue weighted by molar-refractivity contribution is 7.09. The summed E-state index contributed by atoms with van der Waals surface area (Å²) < 4.78 is 14.5. The van der Waals surface area contributed by atoms with E-state index < -0.39 is 0 Å². The van der Waals surface area contributed by atoms with E-state index in [0.717, 1.165) is 99.5 Å². The number of anilines is 6. The van der Waals surface area contributed by atoms with Crippen LogP contribution in [0.1, 0.15) is 63.8 Å². The van der Waals surface area contributed by atoms with Crippen molar-refractivity contribution in [1.82, 2.24) is 0 Å². The van der Waals surface area contributed by atoms with Crippen molar-refractivity contribution in [2.24, 2.45) is 0 Å². The van der Waals surface area contributed by atoms with Crippen molar-refractivity contribution in [2.45, 2.75) is 66.2 Å². The molecule has 12 aromatic rings. The first-order chi connectivity index (χ1) is 32.3. The number of furan rings is 2. The standard InChI is InChI=1S/C62H52N2O2S/c1-37-17-25-41(26-18-37)63(43-29-21-39(22-30-43)61(3,4)5)51-33-47-49-35-67-36-50(49)48-34-52(64(42-27-19-38(2)20-28-42)44-31-23-40(24-32-44)62(6,7)8)56-46-14-10-12-16-54(46)66-60(56)58(48)57(47)59-55(51)45-13-9-11-15-53(45)65-59/h9-36H,1-8H3. The number of aryl methyl sites for hydroxylation is 2. The van der Waals surface area contributed by atoms with Gasteiger partial charge < -0.3 is 18.6 Å². The molecule has 0 aliphatic carbocycles. The van der Waals surface area contributed by atoms with E-state index in [1.807, 2.05) is 0 Å². The third-order valence-corrected chi connectivity index (χ3v) is 14.5. The predicted octanol–water partition coefficient (Wildman–Crippen LogP) is 19.2. The van der Waals surface area contributed by atoms with E-state index in [-0.39, 0.29) is 10.8 Å². The van der Waals surface area contributed by atoms with Crippen molar-refractivity contribution in [3.8, 4) is 0 Å². The molecule has 0 radical (unpaired) electrons. The molecule has 328 valence electrons. The van der Waals surface area contributed by atoms with Crippen molar-refractivity contribution in [2.75, 3.05) is 9.80 Å². The molecule has 0 unspecified atom stereocenters. The van der Waals surface area contributed by atoms with E-state index >= 15 is 0 Å². The Balaban J connectivity index is 1.24. The van der Waals surface area contributed by atoms with Crippen LogP contribution < -0.4 is 9.80 Å². The molecular weight excluding hydrogens is 837 g/mol. The second kappa shape index (κ2) is 15.1. The van der Waals surface area contributed by atoms with Gasteiger partial charge in [0.15, 0.2) is 0 Å². The number of fused-ring (bicyclic) bond motifs is 14. The van der Waals surface area contributed by atoms with Gasteiger partial charge in [0.25, 0.3) is 0 Å². The minimum absolute atomic E-state index is 0.0196. The van der Waals surface area contributed by atoms with Crippen molar-refractivity contribution in [1.29, 1.82) is 0 Å². The van der Waals surface area contributed by atoms with Crippen LogP contribution in [0.25, 0.3) is 76.2 Å². The van der Waals surface area contributed by atoms with E-state index in [0.29, 0.717) is 0 Å². The number of rotatable bonds is 6. The molecule has 0 atom stereocenters. The molecule has 12 rings (SSSR count). The number of para-hydroxylation sites is 2. The Labute approximate surface area is 395 Å². The summed E-state index contributed by atoms with van der Waals surface area (Å²) in [6.45, 7) is 17.9. The van der Waals surface area contributed by atoms with Gasteiger partial charge in [-0.05, 0) is 130 Å². The topological polar surface area (TPSA) is 32.8 Å². The molecule has 0 bridgehead atoms. The van der Waals surface area contributed by atoms with Crippen LogP contribution in [0.15, 0.2) is 177 Å². The molecule has 0 fully saturated rings. The highest BCUT2D eigenvalue weighted by atomic mass is 32.1. The van der Waals surface area contributed by atoms with Gasteiger partial charge in [-0.25, -0.2) is 0 Å². The van der Waals surface area contributed by atoms with Crippen LogP contribution in [0, 0.1) is 13.8 Å². The summed E-state index contributed by atoms with van der Waals surface area (Å²) in [5, 5.41) is 15.6. The van der Waals surface area contributed by atoms with Gasteiger partial charge in [0, 0.05) is 55.1 Å². The summed E-state index contributed by atoms with van der Waals surface area (Å²) in [4.78, 5) is 4.84. The predicted molar refractivity (Wildman–Crippen MR) is 288 cm³/mol. The van der Waals surface area contributed by atoms with Gasteiger partial charge >= 0.3 is 0 Å². The van der Waals surface area contributed by atoms with Crippen LogP contribution in [0.4, 0.5) is 34.1 Å². The third kappa shape index (κ3) is 6.62. The molecular formula is C62H52N2O2S. The Bertz CT molecular complexity index is 3620. The minimum Gasteiger partial charge on any atom is -0.455 e. The highest BCUT2D eigenvalue weighted by Gasteiger charge is 2.29. The molecule has 67 heavy (non-hydrogen) atoms. The van der Waals surface area contributed by atoms with Gasteiger partial charge in [-0.2, -0.15) is 11.3 Å². The van der Waals surface area contributed by atoms with Gasteiger partial charge in [0.05, 0.1) is 22.1 Å². The monoisotopic (exact) mass is 888 g/mol. The zero-order valence-corrected chi connectivity index (χ0v) is 40.1.